The van der Waals surface area contributed by atoms with Crippen molar-refractivity contribution in [3.63, 3.8) is 0 Å². The molecule has 10 aromatic rings. The van der Waals surface area contributed by atoms with E-state index in [2.05, 4.69) is 217 Å². The van der Waals surface area contributed by atoms with Gasteiger partial charge in [0.2, 0.25) is 0 Å². The Morgan fingerprint density at radius 3 is 1.80 bits per heavy atom. The second-order valence-electron chi connectivity index (χ2n) is 18.1. The fourth-order valence-electron chi connectivity index (χ4n) is 11.4. The third-order valence-corrected chi connectivity index (χ3v) is 14.3. The molecule has 1 aliphatic carbocycles. The molecule has 64 heavy (non-hydrogen) atoms. The van der Waals surface area contributed by atoms with E-state index in [0.717, 1.165) is 46.1 Å². The maximum atomic E-state index is 6.99. The number of ether oxygens (including phenoxy) is 1. The third kappa shape index (κ3) is 5.09. The van der Waals surface area contributed by atoms with Gasteiger partial charge in [0.1, 0.15) is 17.3 Å². The van der Waals surface area contributed by atoms with Crippen LogP contribution in [0.1, 0.15) is 47.2 Å². The van der Waals surface area contributed by atoms with Crippen molar-refractivity contribution in [3.8, 4) is 39.6 Å². The SMILES string of the molecule is CN1CN2c3cc(Oc4ccc5c6ccccc6n(-c6ccccn6)c5c4)ccc3C3(c4cc(-c5ccccc5)ccc4C(C)(C)c4ccc(-c5ccccc5)cc43)c3cccc1c32. The molecule has 13 rings (SSSR count). The van der Waals surface area contributed by atoms with E-state index in [0.29, 0.717) is 0 Å². The molecule has 4 heterocycles. The molecule has 0 saturated carbocycles. The van der Waals surface area contributed by atoms with Crippen molar-refractivity contribution in [2.45, 2.75) is 24.7 Å². The Morgan fingerprint density at radius 1 is 0.469 bits per heavy atom. The molecular formula is C59H44N4O. The van der Waals surface area contributed by atoms with Crippen LogP contribution in [-0.2, 0) is 10.8 Å². The van der Waals surface area contributed by atoms with Gasteiger partial charge in [-0.1, -0.05) is 141 Å². The molecule has 0 atom stereocenters. The molecule has 0 fully saturated rings. The average Bonchev–Trinajstić information content (AvgIpc) is 3.86. The lowest BCUT2D eigenvalue weighted by molar-refractivity contribution is 0.482. The van der Waals surface area contributed by atoms with Crippen LogP contribution >= 0.6 is 0 Å². The first kappa shape index (κ1) is 36.7. The second-order valence-corrected chi connectivity index (χ2v) is 18.1. The summed E-state index contributed by atoms with van der Waals surface area (Å²) in [5, 5.41) is 2.34. The second kappa shape index (κ2) is 13.6. The molecule has 5 nitrogen and oxygen atoms in total. The van der Waals surface area contributed by atoms with Crippen molar-refractivity contribution in [1.82, 2.24) is 9.55 Å². The van der Waals surface area contributed by atoms with Crippen molar-refractivity contribution >= 4 is 38.9 Å². The minimum Gasteiger partial charge on any atom is -0.457 e. The Kier molecular flexibility index (Phi) is 7.78. The lowest BCUT2D eigenvalue weighted by atomic mass is 9.52. The standard InChI is InChI=1S/C59H44N4O/c1-58(2)46-29-24-40(38-15-6-4-7-16-38)33-50(46)59(51-34-41(25-30-47(51)58)39-17-8-5-9-18-39)48-31-27-43(36-55(48)62-37-61(3)53-22-14-20-49(59)57(53)62)64-42-26-28-45-44-19-10-11-21-52(44)63(54(45)35-42)56-23-12-13-32-60-56/h4-36H,37H2,1-3H3. The van der Waals surface area contributed by atoms with Crippen LogP contribution in [0, 0.1) is 0 Å². The smallest absolute Gasteiger partial charge is 0.137 e. The normalized spacial score (nSPS) is 14.9. The molecule has 0 saturated heterocycles. The van der Waals surface area contributed by atoms with Crippen molar-refractivity contribution < 1.29 is 4.74 Å². The average molecular weight is 825 g/mol. The molecule has 0 amide bonds. The zero-order valence-corrected chi connectivity index (χ0v) is 36.0. The highest BCUT2D eigenvalue weighted by molar-refractivity contribution is 6.09. The lowest BCUT2D eigenvalue weighted by Crippen LogP contribution is -2.45. The molecule has 0 unspecified atom stereocenters. The van der Waals surface area contributed by atoms with E-state index in [1.54, 1.807) is 0 Å². The fraction of sp³-hybridized carbons (Fsp3) is 0.102. The largest absolute Gasteiger partial charge is 0.457 e. The van der Waals surface area contributed by atoms with Crippen LogP contribution in [0.4, 0.5) is 17.1 Å². The number of aromatic nitrogens is 2. The van der Waals surface area contributed by atoms with Gasteiger partial charge in [-0.3, -0.25) is 4.57 Å². The van der Waals surface area contributed by atoms with Gasteiger partial charge in [-0.2, -0.15) is 0 Å². The van der Waals surface area contributed by atoms with Gasteiger partial charge < -0.3 is 14.5 Å². The van der Waals surface area contributed by atoms with Gasteiger partial charge in [0.05, 0.1) is 40.2 Å². The summed E-state index contributed by atoms with van der Waals surface area (Å²) >= 11 is 0. The highest BCUT2D eigenvalue weighted by Crippen LogP contribution is 2.65. The van der Waals surface area contributed by atoms with Gasteiger partial charge >= 0.3 is 0 Å². The Hall–Kier alpha value is -7.89. The number of fused-ring (bicyclic) bond motifs is 11. The molecule has 8 aromatic carbocycles. The number of benzene rings is 8. The summed E-state index contributed by atoms with van der Waals surface area (Å²) in [6, 6.07) is 71.0. The van der Waals surface area contributed by atoms with Crippen LogP contribution < -0.4 is 14.5 Å². The number of anilines is 3. The molecule has 306 valence electrons. The first-order valence-corrected chi connectivity index (χ1v) is 22.2. The van der Waals surface area contributed by atoms with Gasteiger partial charge in [0.15, 0.2) is 0 Å². The highest BCUT2D eigenvalue weighted by Gasteiger charge is 2.55. The summed E-state index contributed by atoms with van der Waals surface area (Å²) in [6.07, 6.45) is 1.85. The van der Waals surface area contributed by atoms with Crippen molar-refractivity contribution in [2.24, 2.45) is 0 Å². The van der Waals surface area contributed by atoms with Gasteiger partial charge in [-0.05, 0) is 110 Å². The van der Waals surface area contributed by atoms with Crippen molar-refractivity contribution in [3.05, 3.63) is 234 Å². The van der Waals surface area contributed by atoms with Crippen molar-refractivity contribution in [1.29, 1.82) is 0 Å². The molecule has 0 radical (unpaired) electrons. The zero-order valence-electron chi connectivity index (χ0n) is 36.0. The van der Waals surface area contributed by atoms with E-state index < -0.39 is 5.41 Å². The summed E-state index contributed by atoms with van der Waals surface area (Å²) < 4.78 is 9.23. The summed E-state index contributed by atoms with van der Waals surface area (Å²) in [6.45, 7) is 5.54. The van der Waals surface area contributed by atoms with Crippen LogP contribution in [0.15, 0.2) is 200 Å². The minimum absolute atomic E-state index is 0.272. The van der Waals surface area contributed by atoms with Crippen LogP contribution in [0.3, 0.4) is 0 Å². The zero-order chi connectivity index (χ0) is 42.7. The number of rotatable bonds is 5. The lowest BCUT2D eigenvalue weighted by Gasteiger charge is -2.52. The van der Waals surface area contributed by atoms with Gasteiger partial charge in [0, 0.05) is 41.6 Å². The van der Waals surface area contributed by atoms with E-state index in [4.69, 9.17) is 9.72 Å². The van der Waals surface area contributed by atoms with E-state index in [1.165, 1.54) is 72.4 Å². The molecule has 2 aromatic heterocycles. The molecule has 0 bridgehead atoms. The van der Waals surface area contributed by atoms with Gasteiger partial charge in [-0.25, -0.2) is 4.98 Å². The molecule has 0 N–H and O–H groups in total. The number of hydrogen-bond donors (Lipinski definition) is 0. The fourth-order valence-corrected chi connectivity index (χ4v) is 11.4. The van der Waals surface area contributed by atoms with Crippen LogP contribution in [0.2, 0.25) is 0 Å². The number of para-hydroxylation sites is 2. The highest BCUT2D eigenvalue weighted by atomic mass is 16.5. The topological polar surface area (TPSA) is 33.5 Å². The molecule has 5 heteroatoms. The number of nitrogens with zero attached hydrogens (tertiary/aromatic N) is 4. The monoisotopic (exact) mass is 824 g/mol. The Labute approximate surface area is 373 Å². The Morgan fingerprint density at radius 2 is 1.09 bits per heavy atom. The Balaban J connectivity index is 1.06. The van der Waals surface area contributed by atoms with E-state index in [1.807, 2.05) is 18.3 Å². The van der Waals surface area contributed by atoms with Crippen LogP contribution in [0.25, 0.3) is 49.9 Å². The summed E-state index contributed by atoms with van der Waals surface area (Å²) in [5.74, 6) is 2.43. The maximum Gasteiger partial charge on any atom is 0.137 e. The summed E-state index contributed by atoms with van der Waals surface area (Å²) in [7, 11) is 2.21. The molecular weight excluding hydrogens is 781 g/mol. The van der Waals surface area contributed by atoms with E-state index >= 15 is 0 Å². The third-order valence-electron chi connectivity index (χ3n) is 14.3. The predicted octanol–water partition coefficient (Wildman–Crippen LogP) is 14.2. The molecule has 3 aliphatic rings. The van der Waals surface area contributed by atoms with E-state index in [9.17, 15) is 0 Å². The van der Waals surface area contributed by atoms with Crippen LogP contribution in [0.5, 0.6) is 11.5 Å². The van der Waals surface area contributed by atoms with Crippen LogP contribution in [-0.4, -0.2) is 23.3 Å². The van der Waals surface area contributed by atoms with Gasteiger partial charge in [-0.15, -0.1) is 0 Å². The van der Waals surface area contributed by atoms with Gasteiger partial charge in [0.25, 0.3) is 0 Å². The van der Waals surface area contributed by atoms with Crippen molar-refractivity contribution in [2.75, 3.05) is 23.5 Å². The Bertz CT molecular complexity index is 3410. The number of pyridine rings is 1. The first-order chi connectivity index (χ1) is 31.4. The maximum absolute atomic E-state index is 6.99. The molecule has 2 aliphatic heterocycles. The first-order valence-electron chi connectivity index (χ1n) is 22.2. The van der Waals surface area contributed by atoms with E-state index in [-0.39, 0.29) is 5.41 Å². The summed E-state index contributed by atoms with van der Waals surface area (Å²) in [4.78, 5) is 9.67. The summed E-state index contributed by atoms with van der Waals surface area (Å²) in [5.41, 5.74) is 17.6. The predicted molar refractivity (Wildman–Crippen MR) is 262 cm³/mol. The number of hydrogen-bond acceptors (Lipinski definition) is 4. The minimum atomic E-state index is -0.654. The molecule has 1 spiro atoms. The quantitative estimate of drug-likeness (QED) is 0.173.